The van der Waals surface area contributed by atoms with E-state index in [4.69, 9.17) is 14.2 Å². The van der Waals surface area contributed by atoms with Gasteiger partial charge in [0.15, 0.2) is 0 Å². The first-order valence-corrected chi connectivity index (χ1v) is 9.65. The van der Waals surface area contributed by atoms with Gasteiger partial charge < -0.3 is 19.5 Å². The van der Waals surface area contributed by atoms with Gasteiger partial charge >= 0.3 is 0 Å². The normalized spacial score (nSPS) is 10.9. The average molecular weight is 417 g/mol. The number of halogens is 1. The molecular formula is C18H25ClN2O5S. The Kier molecular flexibility index (Phi) is 10.1. The maximum atomic E-state index is 12.2. The lowest BCUT2D eigenvalue weighted by atomic mass is 10.3. The molecule has 0 aliphatic heterocycles. The number of ether oxygens (including phenoxy) is 3. The van der Waals surface area contributed by atoms with Gasteiger partial charge in [-0.2, -0.15) is 0 Å². The Bertz CT molecular complexity index is 767. The van der Waals surface area contributed by atoms with E-state index in [1.807, 2.05) is 0 Å². The molecule has 0 aliphatic carbocycles. The molecule has 2 aromatic rings. The molecule has 0 spiro atoms. The molecule has 150 valence electrons. The maximum absolute atomic E-state index is 12.2. The van der Waals surface area contributed by atoms with Crippen LogP contribution in [0.4, 0.5) is 0 Å². The first-order valence-electron chi connectivity index (χ1n) is 8.16. The van der Waals surface area contributed by atoms with Crippen molar-refractivity contribution in [2.45, 2.75) is 4.90 Å². The van der Waals surface area contributed by atoms with Gasteiger partial charge in [0.05, 0.1) is 18.6 Å². The van der Waals surface area contributed by atoms with Gasteiger partial charge in [0.1, 0.15) is 17.2 Å². The highest BCUT2D eigenvalue weighted by molar-refractivity contribution is 7.89. The minimum atomic E-state index is -3.54. The van der Waals surface area contributed by atoms with Crippen molar-refractivity contribution in [3.8, 4) is 17.2 Å². The lowest BCUT2D eigenvalue weighted by molar-refractivity contribution is 0.199. The third-order valence-electron chi connectivity index (χ3n) is 3.51. The monoisotopic (exact) mass is 416 g/mol. The van der Waals surface area contributed by atoms with Gasteiger partial charge in [-0.1, -0.05) is 0 Å². The Hall–Kier alpha value is -1.84. The van der Waals surface area contributed by atoms with E-state index in [0.29, 0.717) is 37.7 Å². The number of methoxy groups -OCH3 is 2. The molecular weight excluding hydrogens is 392 g/mol. The SMILES string of the molecule is COCCNCCNS(=O)(=O)c1ccc(Oc2ccc(OC)cc2)cc1.Cl. The first-order chi connectivity index (χ1) is 12.5. The van der Waals surface area contributed by atoms with Crippen molar-refractivity contribution in [2.24, 2.45) is 0 Å². The van der Waals surface area contributed by atoms with E-state index in [-0.39, 0.29) is 17.3 Å². The van der Waals surface area contributed by atoms with Gasteiger partial charge in [-0.25, -0.2) is 13.1 Å². The quantitative estimate of drug-likeness (QED) is 0.547. The van der Waals surface area contributed by atoms with Crippen molar-refractivity contribution in [2.75, 3.05) is 40.5 Å². The van der Waals surface area contributed by atoms with Gasteiger partial charge in [-0.15, -0.1) is 12.4 Å². The molecule has 27 heavy (non-hydrogen) atoms. The van der Waals surface area contributed by atoms with Gasteiger partial charge in [-0.05, 0) is 48.5 Å². The molecule has 0 aromatic heterocycles. The number of hydrogen-bond acceptors (Lipinski definition) is 6. The number of rotatable bonds is 11. The summed E-state index contributed by atoms with van der Waals surface area (Å²) in [6.45, 7) is 2.09. The number of hydrogen-bond donors (Lipinski definition) is 2. The van der Waals surface area contributed by atoms with E-state index in [0.717, 1.165) is 5.75 Å². The van der Waals surface area contributed by atoms with Crippen molar-refractivity contribution >= 4 is 22.4 Å². The van der Waals surface area contributed by atoms with Gasteiger partial charge in [0, 0.05) is 26.7 Å². The highest BCUT2D eigenvalue weighted by atomic mass is 35.5. The van der Waals surface area contributed by atoms with Crippen molar-refractivity contribution in [1.29, 1.82) is 0 Å². The van der Waals surface area contributed by atoms with Crippen LogP contribution in [0, 0.1) is 0 Å². The Balaban J connectivity index is 0.00000364. The Morgan fingerprint density at radius 1 is 0.815 bits per heavy atom. The van der Waals surface area contributed by atoms with Crippen LogP contribution in [0.15, 0.2) is 53.4 Å². The van der Waals surface area contributed by atoms with Gasteiger partial charge in [0.25, 0.3) is 0 Å². The Morgan fingerprint density at radius 3 is 1.93 bits per heavy atom. The number of sulfonamides is 1. The minimum absolute atomic E-state index is 0. The summed E-state index contributed by atoms with van der Waals surface area (Å²) in [4.78, 5) is 0.191. The molecule has 0 saturated heterocycles. The summed E-state index contributed by atoms with van der Waals surface area (Å²) in [6, 6.07) is 13.4. The zero-order chi connectivity index (χ0) is 18.8. The van der Waals surface area contributed by atoms with E-state index in [1.165, 1.54) is 12.1 Å². The molecule has 0 heterocycles. The predicted octanol–water partition coefficient (Wildman–Crippen LogP) is 2.42. The van der Waals surface area contributed by atoms with Crippen LogP contribution < -0.4 is 19.5 Å². The molecule has 0 aliphatic rings. The van der Waals surface area contributed by atoms with Crippen LogP contribution in [0.1, 0.15) is 0 Å². The molecule has 0 unspecified atom stereocenters. The molecule has 2 aromatic carbocycles. The zero-order valence-electron chi connectivity index (χ0n) is 15.3. The molecule has 0 saturated carbocycles. The van der Waals surface area contributed by atoms with Crippen LogP contribution >= 0.6 is 12.4 Å². The minimum Gasteiger partial charge on any atom is -0.497 e. The smallest absolute Gasteiger partial charge is 0.240 e. The van der Waals surface area contributed by atoms with E-state index in [9.17, 15) is 8.42 Å². The lowest BCUT2D eigenvalue weighted by Crippen LogP contribution is -2.33. The summed E-state index contributed by atoms with van der Waals surface area (Å²) in [7, 11) is -0.332. The highest BCUT2D eigenvalue weighted by Crippen LogP contribution is 2.24. The van der Waals surface area contributed by atoms with E-state index in [1.54, 1.807) is 50.6 Å². The van der Waals surface area contributed by atoms with Crippen LogP contribution in [0.2, 0.25) is 0 Å². The lowest BCUT2D eigenvalue weighted by Gasteiger charge is -2.09. The topological polar surface area (TPSA) is 85.9 Å². The second-order valence-corrected chi connectivity index (χ2v) is 7.16. The Morgan fingerprint density at radius 2 is 1.37 bits per heavy atom. The first kappa shape index (κ1) is 23.2. The standard InChI is InChI=1S/C18H24N2O5S.ClH/c1-23-14-13-19-11-12-20-26(21,22)18-9-7-17(8-10-18)25-16-5-3-15(24-2)4-6-16;/h3-10,19-20H,11-14H2,1-2H3;1H. The average Bonchev–Trinajstić information content (AvgIpc) is 2.65. The van der Waals surface area contributed by atoms with Gasteiger partial charge in [-0.3, -0.25) is 0 Å². The van der Waals surface area contributed by atoms with E-state index < -0.39 is 10.0 Å². The second-order valence-electron chi connectivity index (χ2n) is 5.39. The highest BCUT2D eigenvalue weighted by Gasteiger charge is 2.13. The van der Waals surface area contributed by atoms with Crippen LogP contribution in [0.3, 0.4) is 0 Å². The number of benzene rings is 2. The molecule has 7 nitrogen and oxygen atoms in total. The summed E-state index contributed by atoms with van der Waals surface area (Å²) in [5, 5.41) is 3.07. The zero-order valence-corrected chi connectivity index (χ0v) is 16.9. The van der Waals surface area contributed by atoms with Crippen LogP contribution in [-0.2, 0) is 14.8 Å². The van der Waals surface area contributed by atoms with Gasteiger partial charge in [0.2, 0.25) is 10.0 Å². The molecule has 0 atom stereocenters. The summed E-state index contributed by atoms with van der Waals surface area (Å²) in [6.07, 6.45) is 0. The van der Waals surface area contributed by atoms with Crippen LogP contribution in [-0.4, -0.2) is 48.9 Å². The summed E-state index contributed by atoms with van der Waals surface area (Å²) in [5.41, 5.74) is 0. The largest absolute Gasteiger partial charge is 0.497 e. The summed E-state index contributed by atoms with van der Waals surface area (Å²) < 4.78 is 42.7. The fourth-order valence-electron chi connectivity index (χ4n) is 2.12. The molecule has 0 bridgehead atoms. The third kappa shape index (κ3) is 7.74. The molecule has 0 fully saturated rings. The van der Waals surface area contributed by atoms with Crippen molar-refractivity contribution < 1.29 is 22.6 Å². The van der Waals surface area contributed by atoms with Crippen LogP contribution in [0.25, 0.3) is 0 Å². The fourth-order valence-corrected chi connectivity index (χ4v) is 3.15. The fraction of sp³-hybridized carbons (Fsp3) is 0.333. The van der Waals surface area contributed by atoms with E-state index >= 15 is 0 Å². The molecule has 2 N–H and O–H groups in total. The number of nitrogens with one attached hydrogen (secondary N) is 2. The van der Waals surface area contributed by atoms with Crippen molar-refractivity contribution in [1.82, 2.24) is 10.0 Å². The van der Waals surface area contributed by atoms with Crippen LogP contribution in [0.5, 0.6) is 17.2 Å². The molecule has 9 heteroatoms. The third-order valence-corrected chi connectivity index (χ3v) is 4.98. The molecule has 0 amide bonds. The Labute approximate surface area is 166 Å². The van der Waals surface area contributed by atoms with Crippen molar-refractivity contribution in [3.63, 3.8) is 0 Å². The molecule has 2 rings (SSSR count). The van der Waals surface area contributed by atoms with Crippen molar-refractivity contribution in [3.05, 3.63) is 48.5 Å². The molecule has 0 radical (unpaired) electrons. The van der Waals surface area contributed by atoms with E-state index in [2.05, 4.69) is 10.0 Å². The summed E-state index contributed by atoms with van der Waals surface area (Å²) >= 11 is 0. The second kappa shape index (κ2) is 11.8. The predicted molar refractivity (Wildman–Crippen MR) is 107 cm³/mol. The maximum Gasteiger partial charge on any atom is 0.240 e. The summed E-state index contributed by atoms with van der Waals surface area (Å²) in [5.74, 6) is 1.93.